The molecular weight excluding hydrogens is 533 g/mol. The molecule has 0 aromatic heterocycles. The molecule has 1 fully saturated rings. The highest BCUT2D eigenvalue weighted by Crippen LogP contribution is 2.39. The van der Waals surface area contributed by atoms with E-state index in [1.807, 2.05) is 0 Å². The second-order valence-corrected chi connectivity index (χ2v) is 12.0. The fraction of sp³-hybridized carbons (Fsp3) is 0.250. The minimum absolute atomic E-state index is 0.0146. The van der Waals surface area contributed by atoms with Crippen LogP contribution < -0.4 is 0 Å². The van der Waals surface area contributed by atoms with Gasteiger partial charge in [-0.3, -0.25) is 0 Å². The van der Waals surface area contributed by atoms with Gasteiger partial charge in [-0.05, 0) is 36.4 Å². The minimum atomic E-state index is -0.437. The largest absolute Gasteiger partial charge is 0.166 e. The molecule has 0 saturated heterocycles. The average Bonchev–Trinajstić information content (AvgIpc) is 2.83. The van der Waals surface area contributed by atoms with Crippen LogP contribution in [0.5, 0.6) is 0 Å². The lowest BCUT2D eigenvalue weighted by molar-refractivity contribution is 0.544. The van der Waals surface area contributed by atoms with E-state index in [0.717, 1.165) is 0 Å². The van der Waals surface area contributed by atoms with Gasteiger partial charge in [-0.2, -0.15) is 0 Å². The van der Waals surface area contributed by atoms with Crippen molar-refractivity contribution in [2.75, 3.05) is 0 Å². The fourth-order valence-corrected chi connectivity index (χ4v) is 7.56. The monoisotopic (exact) mass is 551 g/mol. The Kier molecular flexibility index (Phi) is 10.1. The van der Waals surface area contributed by atoms with Gasteiger partial charge in [-0.15, -0.1) is 69.6 Å². The summed E-state index contributed by atoms with van der Waals surface area (Å²) < 4.78 is 0. The first kappa shape index (κ1) is 25.4. The van der Waals surface area contributed by atoms with Crippen molar-refractivity contribution in [1.29, 1.82) is 0 Å². The van der Waals surface area contributed by atoms with E-state index in [1.165, 1.54) is 14.7 Å². The van der Waals surface area contributed by atoms with Gasteiger partial charge in [0.15, 0.2) is 14.7 Å². The average molecular weight is 554 g/mol. The maximum absolute atomic E-state index is 5.88. The van der Waals surface area contributed by atoms with E-state index < -0.39 is 32.3 Å². The summed E-state index contributed by atoms with van der Waals surface area (Å²) in [6.07, 6.45) is 0. The third kappa shape index (κ3) is 6.42. The number of alkyl halides is 6. The molecule has 1 aliphatic carbocycles. The van der Waals surface area contributed by atoms with Gasteiger partial charge >= 0.3 is 0 Å². The third-order valence-electron chi connectivity index (χ3n) is 4.76. The van der Waals surface area contributed by atoms with Gasteiger partial charge in [0.1, 0.15) is 0 Å². The quantitative estimate of drug-likeness (QED) is 0.225. The van der Waals surface area contributed by atoms with Gasteiger partial charge in [0.2, 0.25) is 0 Å². The molecule has 0 nitrogen and oxygen atoms in total. The van der Waals surface area contributed by atoms with Crippen LogP contribution in [0.3, 0.4) is 0 Å². The van der Waals surface area contributed by atoms with Crippen LogP contribution in [0.4, 0.5) is 0 Å². The van der Waals surface area contributed by atoms with Crippen molar-refractivity contribution in [1.82, 2.24) is 0 Å². The fourth-order valence-electron chi connectivity index (χ4n) is 3.13. The van der Waals surface area contributed by atoms with E-state index in [4.69, 9.17) is 69.6 Å². The summed E-state index contributed by atoms with van der Waals surface area (Å²) in [6.45, 7) is 0. The molecule has 31 heavy (non-hydrogen) atoms. The molecule has 0 bridgehead atoms. The molecule has 7 heteroatoms. The summed E-state index contributed by atoms with van der Waals surface area (Å²) in [5, 5.41) is -2.62. The van der Waals surface area contributed by atoms with Crippen molar-refractivity contribution in [3.8, 4) is 0 Å². The van der Waals surface area contributed by atoms with Crippen LogP contribution in [0.25, 0.3) is 0 Å². The van der Waals surface area contributed by atoms with Gasteiger partial charge in [0.05, 0.1) is 43.2 Å². The van der Waals surface area contributed by atoms with Crippen molar-refractivity contribution in [2.24, 2.45) is 0 Å². The zero-order valence-electron chi connectivity index (χ0n) is 16.3. The van der Waals surface area contributed by atoms with E-state index in [2.05, 4.69) is 91.0 Å². The summed E-state index contributed by atoms with van der Waals surface area (Å²) in [4.78, 5) is 4.08. The summed E-state index contributed by atoms with van der Waals surface area (Å²) in [5.74, 6) is 0. The first-order valence-electron chi connectivity index (χ1n) is 9.65. The van der Waals surface area contributed by atoms with E-state index >= 15 is 0 Å². The normalized spacial score (nSPS) is 28.0. The predicted octanol–water partition coefficient (Wildman–Crippen LogP) is 8.43. The molecule has 0 spiro atoms. The van der Waals surface area contributed by atoms with Crippen LogP contribution >= 0.6 is 69.6 Å². The Hall–Kier alpha value is -0.250. The van der Waals surface area contributed by atoms with Gasteiger partial charge in [0, 0.05) is 0 Å². The molecule has 0 N–H and O–H groups in total. The summed E-state index contributed by atoms with van der Waals surface area (Å²) >= 11 is 35.3. The number of halogens is 6. The van der Waals surface area contributed by atoms with Crippen molar-refractivity contribution in [2.45, 2.75) is 46.9 Å². The van der Waals surface area contributed by atoms with Crippen molar-refractivity contribution in [3.63, 3.8) is 0 Å². The smallest absolute Gasteiger partial charge is 0.120 e. The highest BCUT2D eigenvalue weighted by Gasteiger charge is 2.46. The Morgan fingerprint density at radius 1 is 0.355 bits per heavy atom. The van der Waals surface area contributed by atoms with Crippen LogP contribution in [0.1, 0.15) is 0 Å². The molecule has 1 aliphatic rings. The Labute approximate surface area is 217 Å². The SMILES string of the molecule is Cl[C@H]1[C@H](Cl)[C@@H](Cl)[C@@H](Cl)[C@H](Cl)[C@H]1Cl.c1ccc([S+](c2ccccc2)c2ccccc2)cc1. The first-order chi connectivity index (χ1) is 14.9. The Bertz CT molecular complexity index is 759. The summed E-state index contributed by atoms with van der Waals surface area (Å²) in [5.41, 5.74) is 0. The minimum Gasteiger partial charge on any atom is -0.120 e. The highest BCUT2D eigenvalue weighted by molar-refractivity contribution is 7.97. The van der Waals surface area contributed by atoms with Crippen molar-refractivity contribution in [3.05, 3.63) is 91.0 Å². The predicted molar refractivity (Wildman–Crippen MR) is 139 cm³/mol. The lowest BCUT2D eigenvalue weighted by Crippen LogP contribution is -2.52. The molecule has 0 amide bonds. The van der Waals surface area contributed by atoms with Crippen LogP contribution in [-0.2, 0) is 10.9 Å². The molecule has 164 valence electrons. The van der Waals surface area contributed by atoms with Crippen LogP contribution in [-0.4, -0.2) is 32.3 Å². The third-order valence-corrected chi connectivity index (χ3v) is 11.0. The number of hydrogen-bond donors (Lipinski definition) is 0. The zero-order valence-corrected chi connectivity index (χ0v) is 21.7. The Morgan fingerprint density at radius 3 is 0.742 bits per heavy atom. The van der Waals surface area contributed by atoms with Crippen molar-refractivity contribution < 1.29 is 0 Å². The molecule has 1 saturated carbocycles. The molecule has 0 radical (unpaired) electrons. The number of hydrogen-bond acceptors (Lipinski definition) is 0. The Balaban J connectivity index is 0.000000196. The molecule has 0 heterocycles. The summed E-state index contributed by atoms with van der Waals surface area (Å²) in [6, 6.07) is 32.2. The van der Waals surface area contributed by atoms with Gasteiger partial charge in [-0.1, -0.05) is 54.6 Å². The van der Waals surface area contributed by atoms with Crippen LogP contribution in [0, 0.1) is 0 Å². The molecule has 0 atom stereocenters. The van der Waals surface area contributed by atoms with Crippen molar-refractivity contribution >= 4 is 80.5 Å². The second-order valence-electron chi connectivity index (χ2n) is 6.91. The van der Waals surface area contributed by atoms with Gasteiger partial charge < -0.3 is 0 Å². The first-order valence-corrected chi connectivity index (χ1v) is 13.5. The number of rotatable bonds is 3. The van der Waals surface area contributed by atoms with E-state index in [0.29, 0.717) is 0 Å². The Morgan fingerprint density at radius 2 is 0.548 bits per heavy atom. The maximum Gasteiger partial charge on any atom is 0.166 e. The molecule has 3 aromatic carbocycles. The van der Waals surface area contributed by atoms with E-state index in [9.17, 15) is 0 Å². The lowest BCUT2D eigenvalue weighted by atomic mass is 9.97. The molecule has 3 aromatic rings. The standard InChI is InChI=1S/C18H15S.C6H6Cl6/c1-4-10-16(11-5-1)19(17-12-6-2-7-13-17)18-14-8-3-9-15-18;7-1-2(8)4(10)6(12)5(11)3(1)9/h1-15H;1-6H/q+1;/t;1-,2-,3-,4+,5+,6+. The van der Waals surface area contributed by atoms with Crippen LogP contribution in [0.15, 0.2) is 106 Å². The van der Waals surface area contributed by atoms with E-state index in [-0.39, 0.29) is 10.9 Å². The lowest BCUT2D eigenvalue weighted by Gasteiger charge is -2.37. The topological polar surface area (TPSA) is 0 Å². The van der Waals surface area contributed by atoms with E-state index in [1.54, 1.807) is 0 Å². The molecular formula is C24H21Cl6S+. The number of benzene rings is 3. The zero-order chi connectivity index (χ0) is 22.4. The van der Waals surface area contributed by atoms with Gasteiger partial charge in [-0.25, -0.2) is 0 Å². The van der Waals surface area contributed by atoms with Crippen LogP contribution in [0.2, 0.25) is 0 Å². The highest BCUT2D eigenvalue weighted by atomic mass is 35.5. The molecule has 0 aliphatic heterocycles. The summed E-state index contributed by atoms with van der Waals surface area (Å²) in [7, 11) is -0.0146. The molecule has 4 rings (SSSR count). The van der Waals surface area contributed by atoms with Gasteiger partial charge in [0.25, 0.3) is 0 Å². The maximum atomic E-state index is 5.88. The second kappa shape index (κ2) is 12.3. The molecule has 0 unspecified atom stereocenters.